The molecule has 0 radical (unpaired) electrons. The number of carbonyl (C=O) groups is 3. The summed E-state index contributed by atoms with van der Waals surface area (Å²) in [4.78, 5) is 40.2. The number of hydrogen-bond acceptors (Lipinski definition) is 5. The smallest absolute Gasteiger partial charge is 0.313 e. The van der Waals surface area contributed by atoms with Crippen molar-refractivity contribution in [1.29, 1.82) is 0 Å². The summed E-state index contributed by atoms with van der Waals surface area (Å²) < 4.78 is 5.51. The topological polar surface area (TPSA) is 87.7 Å². The predicted octanol–water partition coefficient (Wildman–Crippen LogP) is 4.09. The van der Waals surface area contributed by atoms with Gasteiger partial charge in [0.2, 0.25) is 0 Å². The summed E-state index contributed by atoms with van der Waals surface area (Å²) in [6, 6.07) is 16.8. The molecule has 34 heavy (non-hydrogen) atoms. The van der Waals surface area contributed by atoms with E-state index in [2.05, 4.69) is 10.6 Å². The van der Waals surface area contributed by atoms with E-state index < -0.39 is 11.8 Å². The second-order valence-electron chi connectivity index (χ2n) is 8.13. The van der Waals surface area contributed by atoms with E-state index in [-0.39, 0.29) is 18.6 Å². The first kappa shape index (κ1) is 23.7. The van der Waals surface area contributed by atoms with Crippen molar-refractivity contribution in [2.75, 3.05) is 30.4 Å². The molecule has 3 aromatic rings. The molecule has 1 aliphatic rings. The average molecular weight is 478 g/mol. The zero-order valence-corrected chi connectivity index (χ0v) is 20.0. The molecule has 0 aliphatic carbocycles. The van der Waals surface area contributed by atoms with Crippen LogP contribution in [0.5, 0.6) is 0 Å². The van der Waals surface area contributed by atoms with E-state index in [4.69, 9.17) is 4.74 Å². The van der Waals surface area contributed by atoms with Crippen LogP contribution in [-0.2, 0) is 20.7 Å². The van der Waals surface area contributed by atoms with E-state index in [9.17, 15) is 14.4 Å². The van der Waals surface area contributed by atoms with E-state index in [1.807, 2.05) is 60.8 Å². The lowest BCUT2D eigenvalue weighted by Gasteiger charge is -2.29. The molecule has 2 heterocycles. The van der Waals surface area contributed by atoms with Crippen molar-refractivity contribution in [3.8, 4) is 0 Å². The number of benzene rings is 2. The van der Waals surface area contributed by atoms with Crippen LogP contribution >= 0.6 is 11.3 Å². The highest BCUT2D eigenvalue weighted by Crippen LogP contribution is 2.31. The normalized spacial score (nSPS) is 13.6. The van der Waals surface area contributed by atoms with Gasteiger partial charge in [-0.2, -0.15) is 0 Å². The van der Waals surface area contributed by atoms with Gasteiger partial charge in [-0.15, -0.1) is 11.3 Å². The van der Waals surface area contributed by atoms with E-state index in [0.29, 0.717) is 17.1 Å². The van der Waals surface area contributed by atoms with Crippen LogP contribution in [0.4, 0.5) is 11.4 Å². The second-order valence-corrected chi connectivity index (χ2v) is 9.07. The number of methoxy groups -OCH3 is 1. The number of ether oxygens (including phenoxy) is 1. The van der Waals surface area contributed by atoms with Crippen LogP contribution in [0.15, 0.2) is 60.0 Å². The van der Waals surface area contributed by atoms with E-state index in [0.717, 1.165) is 35.2 Å². The third kappa shape index (κ3) is 5.18. The van der Waals surface area contributed by atoms with Crippen LogP contribution < -0.4 is 15.5 Å². The molecule has 7 nitrogen and oxygen atoms in total. The molecule has 2 aromatic carbocycles. The monoisotopic (exact) mass is 477 g/mol. The minimum absolute atomic E-state index is 0.0199. The molecule has 1 atom stereocenters. The van der Waals surface area contributed by atoms with Crippen LogP contribution in [-0.4, -0.2) is 37.9 Å². The first-order valence-corrected chi connectivity index (χ1v) is 12.0. The SMILES string of the molecule is COC(CNC(=O)C(=O)Nc1ccc2c(c1)CCCN2C(=O)c1cccs1)c1ccccc1C. The summed E-state index contributed by atoms with van der Waals surface area (Å²) in [7, 11) is 1.57. The van der Waals surface area contributed by atoms with Crippen molar-refractivity contribution >= 4 is 40.4 Å². The summed E-state index contributed by atoms with van der Waals surface area (Å²) in [5.41, 5.74) is 4.34. The van der Waals surface area contributed by atoms with Gasteiger partial charge in [0, 0.05) is 31.6 Å². The Morgan fingerprint density at radius 1 is 1.09 bits per heavy atom. The Labute approximate surface area is 202 Å². The van der Waals surface area contributed by atoms with Crippen molar-refractivity contribution in [3.63, 3.8) is 0 Å². The highest BCUT2D eigenvalue weighted by Gasteiger charge is 2.25. The Balaban J connectivity index is 1.39. The molecule has 2 N–H and O–H groups in total. The number of nitrogens with zero attached hydrogens (tertiary/aromatic N) is 1. The third-order valence-electron chi connectivity index (χ3n) is 5.91. The molecular weight excluding hydrogens is 450 g/mol. The van der Waals surface area contributed by atoms with Crippen LogP contribution in [0.25, 0.3) is 0 Å². The molecule has 0 spiro atoms. The Kier molecular flexibility index (Phi) is 7.40. The highest BCUT2D eigenvalue weighted by molar-refractivity contribution is 7.12. The van der Waals surface area contributed by atoms with Crippen molar-refractivity contribution < 1.29 is 19.1 Å². The standard InChI is InChI=1S/C26H27N3O4S/c1-17-7-3-4-9-20(17)22(33-2)16-27-24(30)25(31)28-19-11-12-21-18(15-19)8-5-13-29(21)26(32)23-10-6-14-34-23/h3-4,6-7,9-12,14-15,22H,5,8,13,16H2,1-2H3,(H,27,30)(H,28,31). The second kappa shape index (κ2) is 10.6. The van der Waals surface area contributed by atoms with Crippen LogP contribution in [0.2, 0.25) is 0 Å². The van der Waals surface area contributed by atoms with Crippen molar-refractivity contribution in [1.82, 2.24) is 5.32 Å². The van der Waals surface area contributed by atoms with Crippen molar-refractivity contribution in [2.45, 2.75) is 25.9 Å². The number of aryl methyl sites for hydroxylation is 2. The predicted molar refractivity (Wildman–Crippen MR) is 133 cm³/mol. The summed E-state index contributed by atoms with van der Waals surface area (Å²) in [5, 5.41) is 7.20. The van der Waals surface area contributed by atoms with Gasteiger partial charge in [-0.3, -0.25) is 14.4 Å². The molecule has 8 heteroatoms. The number of rotatable bonds is 6. The molecule has 1 aromatic heterocycles. The molecule has 3 amide bonds. The quantitative estimate of drug-likeness (QED) is 0.524. The summed E-state index contributed by atoms with van der Waals surface area (Å²) in [6.07, 6.45) is 1.28. The van der Waals surface area contributed by atoms with Crippen LogP contribution in [0.3, 0.4) is 0 Å². The summed E-state index contributed by atoms with van der Waals surface area (Å²) >= 11 is 1.42. The minimum Gasteiger partial charge on any atom is -0.375 e. The molecular formula is C26H27N3O4S. The van der Waals surface area contributed by atoms with Crippen LogP contribution in [0.1, 0.15) is 38.9 Å². The zero-order chi connectivity index (χ0) is 24.1. The lowest BCUT2D eigenvalue weighted by atomic mass is 10.0. The molecule has 4 rings (SSSR count). The number of amides is 3. The Morgan fingerprint density at radius 3 is 2.65 bits per heavy atom. The maximum absolute atomic E-state index is 12.9. The molecule has 0 bridgehead atoms. The summed E-state index contributed by atoms with van der Waals surface area (Å²) in [5.74, 6) is -1.50. The molecule has 0 fully saturated rings. The van der Waals surface area contributed by atoms with Gasteiger partial charge >= 0.3 is 11.8 Å². The van der Waals surface area contributed by atoms with Gasteiger partial charge in [0.15, 0.2) is 0 Å². The van der Waals surface area contributed by atoms with Gasteiger partial charge in [-0.25, -0.2) is 0 Å². The highest BCUT2D eigenvalue weighted by atomic mass is 32.1. The Bertz CT molecular complexity index is 1190. The minimum atomic E-state index is -0.748. The van der Waals surface area contributed by atoms with Crippen molar-refractivity contribution in [2.24, 2.45) is 0 Å². The average Bonchev–Trinajstić information content (AvgIpc) is 3.39. The molecule has 1 unspecified atom stereocenters. The third-order valence-corrected chi connectivity index (χ3v) is 6.77. The molecule has 0 saturated heterocycles. The van der Waals surface area contributed by atoms with Gasteiger partial charge in [0.1, 0.15) is 0 Å². The first-order chi connectivity index (χ1) is 16.5. The van der Waals surface area contributed by atoms with Gasteiger partial charge in [0.25, 0.3) is 5.91 Å². The number of hydrogen-bond donors (Lipinski definition) is 2. The Hall–Kier alpha value is -3.49. The zero-order valence-electron chi connectivity index (χ0n) is 19.2. The number of nitrogens with one attached hydrogen (secondary N) is 2. The maximum atomic E-state index is 12.9. The Morgan fingerprint density at radius 2 is 1.91 bits per heavy atom. The number of thiophene rings is 1. The number of carbonyl (C=O) groups excluding carboxylic acids is 3. The fraction of sp³-hybridized carbons (Fsp3) is 0.269. The first-order valence-electron chi connectivity index (χ1n) is 11.1. The van der Waals surface area contributed by atoms with Gasteiger partial charge < -0.3 is 20.3 Å². The van der Waals surface area contributed by atoms with Crippen LogP contribution in [0, 0.1) is 6.92 Å². The number of fused-ring (bicyclic) bond motifs is 1. The molecule has 0 saturated carbocycles. The largest absolute Gasteiger partial charge is 0.375 e. The van der Waals surface area contributed by atoms with Gasteiger partial charge in [-0.1, -0.05) is 30.3 Å². The van der Waals surface area contributed by atoms with E-state index >= 15 is 0 Å². The summed E-state index contributed by atoms with van der Waals surface area (Å²) in [6.45, 7) is 2.80. The van der Waals surface area contributed by atoms with Gasteiger partial charge in [-0.05, 0) is 66.1 Å². The number of anilines is 2. The molecule has 1 aliphatic heterocycles. The lowest BCUT2D eigenvalue weighted by molar-refractivity contribution is -0.136. The fourth-order valence-electron chi connectivity index (χ4n) is 4.14. The van der Waals surface area contributed by atoms with Gasteiger partial charge in [0.05, 0.1) is 11.0 Å². The van der Waals surface area contributed by atoms with E-state index in [1.165, 1.54) is 11.3 Å². The fourth-order valence-corrected chi connectivity index (χ4v) is 4.81. The molecule has 176 valence electrons. The lowest BCUT2D eigenvalue weighted by Crippen LogP contribution is -2.38. The van der Waals surface area contributed by atoms with Crippen molar-refractivity contribution in [3.05, 3.63) is 81.5 Å². The maximum Gasteiger partial charge on any atom is 0.313 e. The van der Waals surface area contributed by atoms with E-state index in [1.54, 1.807) is 18.1 Å².